The van der Waals surface area contributed by atoms with E-state index in [1.165, 1.54) is 18.0 Å². The Kier molecular flexibility index (Phi) is 8.96. The predicted molar refractivity (Wildman–Crippen MR) is 137 cm³/mol. The van der Waals surface area contributed by atoms with Gasteiger partial charge in [-0.15, -0.1) is 0 Å². The smallest absolute Gasteiger partial charge is 0.375 e. The Morgan fingerprint density at radius 2 is 1.73 bits per heavy atom. The van der Waals surface area contributed by atoms with Crippen molar-refractivity contribution in [3.8, 4) is 17.2 Å². The highest BCUT2D eigenvalue weighted by Gasteiger charge is 2.73. The molecule has 2 aromatic rings. The van der Waals surface area contributed by atoms with Crippen molar-refractivity contribution >= 4 is 29.2 Å². The monoisotopic (exact) mass is 587 g/mol. The SMILES string of the molecule is CCCC(O)(C(=O)N1CCN(c2ncc(-c3ccc(C(=O)N(C)C)c(Cl)c3)cc2C#N)CC1)C(F)(F)C(F)(F)F. The largest absolute Gasteiger partial charge is 0.457 e. The number of benzene rings is 1. The van der Waals surface area contributed by atoms with Gasteiger partial charge in [0.25, 0.3) is 11.8 Å². The zero-order chi connectivity index (χ0) is 30.0. The number of rotatable bonds is 7. The third kappa shape index (κ3) is 5.69. The quantitative estimate of drug-likeness (QED) is 0.484. The fourth-order valence-corrected chi connectivity index (χ4v) is 4.70. The molecule has 1 aliphatic rings. The maximum absolute atomic E-state index is 14.2. The Bertz CT molecular complexity index is 1320. The van der Waals surface area contributed by atoms with E-state index in [9.17, 15) is 41.9 Å². The van der Waals surface area contributed by atoms with Gasteiger partial charge in [0.15, 0.2) is 0 Å². The molecule has 1 aliphatic heterocycles. The molecule has 2 amide bonds. The third-order valence-corrected chi connectivity index (χ3v) is 6.95. The van der Waals surface area contributed by atoms with Gasteiger partial charge in [-0.2, -0.15) is 27.2 Å². The number of hydrogen-bond donors (Lipinski definition) is 1. The van der Waals surface area contributed by atoms with Gasteiger partial charge < -0.3 is 19.8 Å². The average Bonchev–Trinajstić information content (AvgIpc) is 2.91. The molecular formula is C26H27ClF5N5O3. The number of nitriles is 1. The van der Waals surface area contributed by atoms with E-state index in [2.05, 4.69) is 4.98 Å². The number of halogens is 6. The number of carbonyl (C=O) groups excluding carboxylic acids is 2. The maximum atomic E-state index is 14.2. The summed E-state index contributed by atoms with van der Waals surface area (Å²) in [5, 5.41) is 20.3. The lowest BCUT2D eigenvalue weighted by atomic mass is 9.88. The van der Waals surface area contributed by atoms with Crippen LogP contribution in [-0.4, -0.2) is 89.7 Å². The Morgan fingerprint density at radius 1 is 1.10 bits per heavy atom. The van der Waals surface area contributed by atoms with Crippen molar-refractivity contribution in [3.05, 3.63) is 46.6 Å². The van der Waals surface area contributed by atoms with E-state index in [-0.39, 0.29) is 54.9 Å². The molecule has 3 rings (SSSR count). The molecule has 0 radical (unpaired) electrons. The van der Waals surface area contributed by atoms with E-state index >= 15 is 0 Å². The number of piperazine rings is 1. The minimum absolute atomic E-state index is 0.0280. The normalized spacial score (nSPS) is 15.8. The lowest BCUT2D eigenvalue weighted by molar-refractivity contribution is -0.336. The van der Waals surface area contributed by atoms with Crippen molar-refractivity contribution in [2.45, 2.75) is 37.5 Å². The summed E-state index contributed by atoms with van der Waals surface area (Å²) in [4.78, 5) is 33.1. The van der Waals surface area contributed by atoms with Gasteiger partial charge in [0.1, 0.15) is 11.9 Å². The van der Waals surface area contributed by atoms with Crippen molar-refractivity contribution in [1.82, 2.24) is 14.8 Å². The zero-order valence-corrected chi connectivity index (χ0v) is 22.7. The van der Waals surface area contributed by atoms with Crippen molar-refractivity contribution in [3.63, 3.8) is 0 Å². The molecule has 14 heteroatoms. The van der Waals surface area contributed by atoms with Crippen LogP contribution >= 0.6 is 11.6 Å². The Balaban J connectivity index is 1.80. The molecule has 1 saturated heterocycles. The average molecular weight is 588 g/mol. The summed E-state index contributed by atoms with van der Waals surface area (Å²) in [5.41, 5.74) is -2.38. The summed E-state index contributed by atoms with van der Waals surface area (Å²) >= 11 is 6.29. The molecule has 216 valence electrons. The second-order valence-electron chi connectivity index (χ2n) is 9.56. The number of aromatic nitrogens is 1. The molecule has 1 fully saturated rings. The molecule has 0 bridgehead atoms. The lowest BCUT2D eigenvalue weighted by Gasteiger charge is -2.42. The van der Waals surface area contributed by atoms with Crippen LogP contribution in [0.4, 0.5) is 27.8 Å². The summed E-state index contributed by atoms with van der Waals surface area (Å²) in [5.74, 6) is -7.40. The summed E-state index contributed by atoms with van der Waals surface area (Å²) in [7, 11) is 3.18. The zero-order valence-electron chi connectivity index (χ0n) is 21.9. The molecule has 1 unspecified atom stereocenters. The van der Waals surface area contributed by atoms with Crippen LogP contribution in [0.2, 0.25) is 5.02 Å². The second-order valence-corrected chi connectivity index (χ2v) is 9.97. The van der Waals surface area contributed by atoms with Gasteiger partial charge in [0, 0.05) is 52.0 Å². The van der Waals surface area contributed by atoms with E-state index in [4.69, 9.17) is 11.6 Å². The standard InChI is InChI=1S/C26H27ClF5N5O3/c1-4-7-24(40,25(28,29)26(30,31)32)23(39)37-10-8-36(9-11-37)21-17(14-33)12-18(15-34-21)16-5-6-19(20(27)13-16)22(38)35(2)3/h5-6,12-13,15,40H,4,7-11H2,1-3H3. The van der Waals surface area contributed by atoms with E-state index in [1.54, 1.807) is 43.3 Å². The van der Waals surface area contributed by atoms with Crippen molar-refractivity contribution < 1.29 is 36.6 Å². The van der Waals surface area contributed by atoms with Gasteiger partial charge in [0.05, 0.1) is 16.1 Å². The Labute approximate surface area is 232 Å². The van der Waals surface area contributed by atoms with Crippen LogP contribution in [0.3, 0.4) is 0 Å². The number of anilines is 1. The second kappa shape index (κ2) is 11.5. The molecule has 40 heavy (non-hydrogen) atoms. The van der Waals surface area contributed by atoms with Crippen LogP contribution in [0.5, 0.6) is 0 Å². The van der Waals surface area contributed by atoms with E-state index in [0.29, 0.717) is 16.7 Å². The van der Waals surface area contributed by atoms with E-state index in [0.717, 1.165) is 4.90 Å². The number of alkyl halides is 5. The first kappa shape index (κ1) is 31.0. The summed E-state index contributed by atoms with van der Waals surface area (Å²) in [6, 6.07) is 8.35. The number of hydrogen-bond acceptors (Lipinski definition) is 6. The number of nitrogens with zero attached hydrogens (tertiary/aromatic N) is 5. The topological polar surface area (TPSA) is 101 Å². The number of amides is 2. The van der Waals surface area contributed by atoms with E-state index in [1.807, 2.05) is 6.07 Å². The van der Waals surface area contributed by atoms with Crippen LogP contribution in [-0.2, 0) is 4.79 Å². The third-order valence-electron chi connectivity index (χ3n) is 6.63. The van der Waals surface area contributed by atoms with Gasteiger partial charge in [-0.1, -0.05) is 31.0 Å². The van der Waals surface area contributed by atoms with Crippen LogP contribution < -0.4 is 4.90 Å². The molecule has 2 heterocycles. The van der Waals surface area contributed by atoms with Gasteiger partial charge in [-0.25, -0.2) is 4.98 Å². The summed E-state index contributed by atoms with van der Waals surface area (Å²) < 4.78 is 67.6. The van der Waals surface area contributed by atoms with Crippen molar-refractivity contribution in [1.29, 1.82) is 5.26 Å². The Hall–Kier alpha value is -3.50. The van der Waals surface area contributed by atoms with Crippen LogP contribution in [0, 0.1) is 11.3 Å². The lowest BCUT2D eigenvalue weighted by Crippen LogP contribution is -2.66. The highest BCUT2D eigenvalue weighted by molar-refractivity contribution is 6.34. The van der Waals surface area contributed by atoms with Gasteiger partial charge >= 0.3 is 12.1 Å². The first-order chi connectivity index (χ1) is 18.6. The molecule has 1 atom stereocenters. The predicted octanol–water partition coefficient (Wildman–Crippen LogP) is 4.35. The summed E-state index contributed by atoms with van der Waals surface area (Å²) in [6.07, 6.45) is -6.01. The highest BCUT2D eigenvalue weighted by Crippen LogP contribution is 2.46. The van der Waals surface area contributed by atoms with Gasteiger partial charge in [-0.3, -0.25) is 9.59 Å². The number of carbonyl (C=O) groups is 2. The number of aliphatic hydroxyl groups is 1. The molecule has 8 nitrogen and oxygen atoms in total. The first-order valence-electron chi connectivity index (χ1n) is 12.2. The molecule has 1 N–H and O–H groups in total. The minimum Gasteiger partial charge on any atom is -0.375 e. The van der Waals surface area contributed by atoms with Crippen LogP contribution in [0.1, 0.15) is 35.7 Å². The minimum atomic E-state index is -6.12. The van der Waals surface area contributed by atoms with Gasteiger partial charge in [0.2, 0.25) is 5.60 Å². The molecular weight excluding hydrogens is 561 g/mol. The fraction of sp³-hybridized carbons (Fsp3) is 0.462. The van der Waals surface area contributed by atoms with E-state index < -0.39 is 30.0 Å². The first-order valence-corrected chi connectivity index (χ1v) is 12.6. The van der Waals surface area contributed by atoms with Crippen molar-refractivity contribution in [2.24, 2.45) is 0 Å². The molecule has 1 aromatic carbocycles. The molecule has 1 aromatic heterocycles. The van der Waals surface area contributed by atoms with Crippen LogP contribution in [0.15, 0.2) is 30.5 Å². The number of pyridine rings is 1. The molecule has 0 spiro atoms. The van der Waals surface area contributed by atoms with Crippen LogP contribution in [0.25, 0.3) is 11.1 Å². The summed E-state index contributed by atoms with van der Waals surface area (Å²) in [6.45, 7) is 0.681. The fourth-order valence-electron chi connectivity index (χ4n) is 4.44. The van der Waals surface area contributed by atoms with Gasteiger partial charge in [-0.05, 0) is 30.2 Å². The maximum Gasteiger partial charge on any atom is 0.457 e. The highest BCUT2D eigenvalue weighted by atomic mass is 35.5. The Morgan fingerprint density at radius 3 is 2.23 bits per heavy atom. The molecule has 0 aliphatic carbocycles. The molecule has 0 saturated carbocycles. The van der Waals surface area contributed by atoms with Crippen molar-refractivity contribution in [2.75, 3.05) is 45.2 Å².